The highest BCUT2D eigenvalue weighted by atomic mass is 15.1. The van der Waals surface area contributed by atoms with Crippen LogP contribution in [0.4, 0.5) is 34.1 Å². The molecule has 294 valence electrons. The van der Waals surface area contributed by atoms with Gasteiger partial charge in [0.25, 0.3) is 0 Å². The fourth-order valence-electron chi connectivity index (χ4n) is 8.99. The van der Waals surface area contributed by atoms with Crippen LogP contribution in [0.25, 0.3) is 65.3 Å². The molecule has 2 heteroatoms. The number of hydrogen-bond donors (Lipinski definition) is 0. The molecule has 0 fully saturated rings. The summed E-state index contributed by atoms with van der Waals surface area (Å²) in [5.74, 6) is 0. The first-order chi connectivity index (χ1) is 30.5. The third kappa shape index (κ3) is 6.92. The Labute approximate surface area is 363 Å². The molecular formula is C60H44N2. The molecule has 0 aliphatic carbocycles. The van der Waals surface area contributed by atoms with Crippen LogP contribution in [0.15, 0.2) is 231 Å². The second-order valence-corrected chi connectivity index (χ2v) is 16.4. The minimum absolute atomic E-state index is 1.12. The molecule has 0 N–H and O–H groups in total. The van der Waals surface area contributed by atoms with Gasteiger partial charge >= 0.3 is 0 Å². The highest BCUT2D eigenvalue weighted by Gasteiger charge is 2.18. The van der Waals surface area contributed by atoms with Gasteiger partial charge in [-0.25, -0.2) is 0 Å². The van der Waals surface area contributed by atoms with Gasteiger partial charge in [-0.3, -0.25) is 0 Å². The first kappa shape index (κ1) is 37.1. The minimum Gasteiger partial charge on any atom is -0.310 e. The lowest BCUT2D eigenvalue weighted by molar-refractivity contribution is 1.29. The van der Waals surface area contributed by atoms with Crippen molar-refractivity contribution in [2.75, 3.05) is 9.80 Å². The Balaban J connectivity index is 0.902. The van der Waals surface area contributed by atoms with Crippen LogP contribution in [-0.2, 0) is 0 Å². The molecule has 0 aromatic heterocycles. The molecule has 2 nitrogen and oxygen atoms in total. The summed E-state index contributed by atoms with van der Waals surface area (Å²) < 4.78 is 0. The Bertz CT molecular complexity index is 3150. The Morgan fingerprint density at radius 1 is 0.242 bits per heavy atom. The van der Waals surface area contributed by atoms with Crippen molar-refractivity contribution in [2.24, 2.45) is 0 Å². The summed E-state index contributed by atoms with van der Waals surface area (Å²) >= 11 is 0. The van der Waals surface area contributed by atoms with E-state index in [4.69, 9.17) is 0 Å². The van der Waals surface area contributed by atoms with Crippen LogP contribution < -0.4 is 9.80 Å². The summed E-state index contributed by atoms with van der Waals surface area (Å²) in [6.07, 6.45) is 0. The van der Waals surface area contributed by atoms with Crippen molar-refractivity contribution in [1.29, 1.82) is 0 Å². The highest BCUT2D eigenvalue weighted by molar-refractivity contribution is 6.07. The van der Waals surface area contributed by atoms with Gasteiger partial charge in [-0.2, -0.15) is 0 Å². The third-order valence-corrected chi connectivity index (χ3v) is 12.3. The number of nitrogens with zero attached hydrogens (tertiary/aromatic N) is 2. The molecule has 11 aromatic carbocycles. The predicted octanol–water partition coefficient (Wildman–Crippen LogP) is 17.2. The number of anilines is 6. The van der Waals surface area contributed by atoms with Crippen molar-refractivity contribution in [2.45, 2.75) is 13.8 Å². The Kier molecular flexibility index (Phi) is 9.32. The predicted molar refractivity (Wildman–Crippen MR) is 266 cm³/mol. The first-order valence-corrected chi connectivity index (χ1v) is 21.4. The second kappa shape index (κ2) is 15.6. The van der Waals surface area contributed by atoms with Gasteiger partial charge in [-0.15, -0.1) is 0 Å². The van der Waals surface area contributed by atoms with Crippen molar-refractivity contribution in [3.8, 4) is 22.3 Å². The molecule has 0 atom stereocenters. The number of fused-ring (bicyclic) bond motifs is 4. The molecule has 11 rings (SSSR count). The van der Waals surface area contributed by atoms with Crippen molar-refractivity contribution in [3.05, 3.63) is 242 Å². The molecule has 11 aromatic rings. The van der Waals surface area contributed by atoms with Gasteiger partial charge in [0, 0.05) is 33.5 Å². The van der Waals surface area contributed by atoms with Crippen LogP contribution in [0.3, 0.4) is 0 Å². The van der Waals surface area contributed by atoms with Gasteiger partial charge in [-0.1, -0.05) is 157 Å². The summed E-state index contributed by atoms with van der Waals surface area (Å²) in [5.41, 5.74) is 14.0. The van der Waals surface area contributed by atoms with E-state index in [9.17, 15) is 0 Å². The summed E-state index contributed by atoms with van der Waals surface area (Å²) in [6.45, 7) is 4.28. The van der Waals surface area contributed by atoms with Crippen molar-refractivity contribution < 1.29 is 0 Å². The van der Waals surface area contributed by atoms with E-state index in [-0.39, 0.29) is 0 Å². The lowest BCUT2D eigenvalue weighted by atomic mass is 9.99. The maximum absolute atomic E-state index is 2.38. The van der Waals surface area contributed by atoms with E-state index < -0.39 is 0 Å². The molecule has 0 unspecified atom stereocenters. The smallest absolute Gasteiger partial charge is 0.0540 e. The molecule has 0 bridgehead atoms. The molecule has 0 aliphatic rings. The van der Waals surface area contributed by atoms with Crippen LogP contribution >= 0.6 is 0 Å². The van der Waals surface area contributed by atoms with Gasteiger partial charge in [0.2, 0.25) is 0 Å². The van der Waals surface area contributed by atoms with E-state index in [0.717, 1.165) is 34.1 Å². The van der Waals surface area contributed by atoms with Crippen molar-refractivity contribution >= 4 is 77.2 Å². The molecule has 0 saturated carbocycles. The van der Waals surface area contributed by atoms with Crippen LogP contribution in [0.1, 0.15) is 11.1 Å². The van der Waals surface area contributed by atoms with Crippen molar-refractivity contribution in [3.63, 3.8) is 0 Å². The molecule has 0 saturated heterocycles. The average molecular weight is 793 g/mol. The molecule has 0 radical (unpaired) electrons. The van der Waals surface area contributed by atoms with Gasteiger partial charge < -0.3 is 9.80 Å². The zero-order chi connectivity index (χ0) is 41.6. The van der Waals surface area contributed by atoms with Crippen LogP contribution in [0.2, 0.25) is 0 Å². The van der Waals surface area contributed by atoms with E-state index in [1.165, 1.54) is 76.5 Å². The van der Waals surface area contributed by atoms with E-state index in [0.29, 0.717) is 0 Å². The number of aryl methyl sites for hydroxylation is 2. The summed E-state index contributed by atoms with van der Waals surface area (Å²) in [7, 11) is 0. The second-order valence-electron chi connectivity index (χ2n) is 16.4. The fourth-order valence-corrected chi connectivity index (χ4v) is 8.99. The van der Waals surface area contributed by atoms with Crippen LogP contribution in [0, 0.1) is 13.8 Å². The molecule has 0 amide bonds. The Morgan fingerprint density at radius 3 is 0.855 bits per heavy atom. The maximum Gasteiger partial charge on any atom is 0.0540 e. The van der Waals surface area contributed by atoms with Gasteiger partial charge in [-0.05, 0) is 153 Å². The average Bonchev–Trinajstić information content (AvgIpc) is 3.32. The number of rotatable bonds is 8. The normalized spacial score (nSPS) is 11.4. The monoisotopic (exact) mass is 792 g/mol. The maximum atomic E-state index is 2.38. The number of hydrogen-bond acceptors (Lipinski definition) is 2. The van der Waals surface area contributed by atoms with E-state index >= 15 is 0 Å². The zero-order valence-electron chi connectivity index (χ0n) is 34.8. The number of benzene rings is 11. The largest absolute Gasteiger partial charge is 0.310 e. The van der Waals surface area contributed by atoms with E-state index in [1.54, 1.807) is 0 Å². The summed E-state index contributed by atoms with van der Waals surface area (Å²) in [4.78, 5) is 4.77. The summed E-state index contributed by atoms with van der Waals surface area (Å²) in [5, 5.41) is 9.90. The standard InChI is InChI=1S/C60H44N2/c1-41-17-29-53(30-18-41)61(59-15-7-13-51-37-47-9-3-5-11-49(47)39-57(51)59)55-33-25-45(26-34-55)43-21-23-44(24-22-43)46-27-35-56(36-28-46)62(54-31-19-42(2)20-32-54)60-16-8-14-52-38-48-10-4-6-12-50(48)40-58(52)60/h3-40H,1-2H3. The lowest BCUT2D eigenvalue weighted by Gasteiger charge is -2.27. The van der Waals surface area contributed by atoms with Gasteiger partial charge in [0.15, 0.2) is 0 Å². The fraction of sp³-hybridized carbons (Fsp3) is 0.0333. The summed E-state index contributed by atoms with van der Waals surface area (Å²) in [6, 6.07) is 84.4. The van der Waals surface area contributed by atoms with E-state index in [1.807, 2.05) is 0 Å². The first-order valence-electron chi connectivity index (χ1n) is 21.4. The third-order valence-electron chi connectivity index (χ3n) is 12.3. The lowest BCUT2D eigenvalue weighted by Crippen LogP contribution is -2.10. The molecule has 0 spiro atoms. The van der Waals surface area contributed by atoms with Crippen LogP contribution in [0.5, 0.6) is 0 Å². The quantitative estimate of drug-likeness (QED) is 0.141. The minimum atomic E-state index is 1.12. The van der Waals surface area contributed by atoms with Gasteiger partial charge in [0.1, 0.15) is 0 Å². The van der Waals surface area contributed by atoms with Crippen molar-refractivity contribution in [1.82, 2.24) is 0 Å². The van der Waals surface area contributed by atoms with Crippen LogP contribution in [-0.4, -0.2) is 0 Å². The molecule has 0 heterocycles. The topological polar surface area (TPSA) is 6.48 Å². The van der Waals surface area contributed by atoms with Gasteiger partial charge in [0.05, 0.1) is 11.4 Å². The SMILES string of the molecule is Cc1ccc(N(c2ccc(-c3ccc(-c4ccc(N(c5ccc(C)cc5)c5cccc6cc7ccccc7cc56)cc4)cc3)cc2)c2cccc3cc4ccccc4cc23)cc1. The Hall–Kier alpha value is -7.94. The molecule has 0 aliphatic heterocycles. The highest BCUT2D eigenvalue weighted by Crippen LogP contribution is 2.43. The molecular weight excluding hydrogens is 749 g/mol. The molecule has 62 heavy (non-hydrogen) atoms. The van der Waals surface area contributed by atoms with E-state index in [2.05, 4.69) is 254 Å². The zero-order valence-corrected chi connectivity index (χ0v) is 34.8. The Morgan fingerprint density at radius 2 is 0.516 bits per heavy atom.